The molecule has 0 aliphatic carbocycles. The van der Waals surface area contributed by atoms with Crippen molar-refractivity contribution in [2.45, 2.75) is 51.4 Å². The molecule has 0 radical (unpaired) electrons. The lowest BCUT2D eigenvalue weighted by Crippen LogP contribution is -2.41. The highest BCUT2D eigenvalue weighted by atomic mass is 16.5. The van der Waals surface area contributed by atoms with Gasteiger partial charge in [0.2, 0.25) is 11.7 Å². The topological polar surface area (TPSA) is 102 Å². The van der Waals surface area contributed by atoms with Crippen LogP contribution in [0, 0.1) is 12.8 Å². The van der Waals surface area contributed by atoms with Crippen LogP contribution in [0.25, 0.3) is 0 Å². The fraction of sp³-hybridized carbons (Fsp3) is 0.519. The third-order valence-electron chi connectivity index (χ3n) is 6.95. The summed E-state index contributed by atoms with van der Waals surface area (Å²) in [5.74, 6) is 1.56. The lowest BCUT2D eigenvalue weighted by Gasteiger charge is -2.32. The number of benzene rings is 2. The number of aryl methyl sites for hydroxylation is 1. The Bertz CT molecular complexity index is 1070. The monoisotopic (exact) mass is 499 g/mol. The Labute approximate surface area is 212 Å². The minimum Gasteiger partial charge on any atom is -0.508 e. The number of phenols is 1. The second-order valence-electron chi connectivity index (χ2n) is 9.59. The molecule has 3 N–H and O–H groups in total. The van der Waals surface area contributed by atoms with Crippen molar-refractivity contribution in [2.24, 2.45) is 5.92 Å². The summed E-state index contributed by atoms with van der Waals surface area (Å²) >= 11 is 0. The standard InChI is InChI=1S/C27H37N3O6/c1-15(2)36-11-7-10-30-25(17-13-20(33-4)26(35-6)21(14-17)34-5)22-23(28-29-24(22)27(30)32)18-12-16(3)8-9-19(18)31/h8-9,12-15,22-25,28-29,31H,7,10-11H2,1-6H3. The molecule has 0 aromatic heterocycles. The van der Waals surface area contributed by atoms with Crippen LogP contribution in [-0.2, 0) is 9.53 Å². The molecule has 0 spiro atoms. The zero-order valence-corrected chi connectivity index (χ0v) is 21.8. The molecule has 2 aromatic rings. The van der Waals surface area contributed by atoms with Crippen LogP contribution in [-0.4, -0.2) is 62.5 Å². The van der Waals surface area contributed by atoms with E-state index in [1.54, 1.807) is 27.4 Å². The number of carbonyl (C=O) groups is 1. The largest absolute Gasteiger partial charge is 0.508 e. The molecule has 0 bridgehead atoms. The molecule has 9 nitrogen and oxygen atoms in total. The summed E-state index contributed by atoms with van der Waals surface area (Å²) in [6, 6.07) is 8.30. The number of aromatic hydroxyl groups is 1. The van der Waals surface area contributed by atoms with Crippen molar-refractivity contribution in [3.05, 3.63) is 47.0 Å². The predicted octanol–water partition coefficient (Wildman–Crippen LogP) is 3.26. The number of carbonyl (C=O) groups excluding carboxylic acids is 1. The molecule has 4 unspecified atom stereocenters. The van der Waals surface area contributed by atoms with Crippen molar-refractivity contribution in [1.29, 1.82) is 0 Å². The van der Waals surface area contributed by atoms with Gasteiger partial charge in [0, 0.05) is 24.6 Å². The third-order valence-corrected chi connectivity index (χ3v) is 6.95. The third kappa shape index (κ3) is 4.83. The van der Waals surface area contributed by atoms with Gasteiger partial charge >= 0.3 is 0 Å². The van der Waals surface area contributed by atoms with Gasteiger partial charge in [-0.15, -0.1) is 0 Å². The Morgan fingerprint density at radius 1 is 1.00 bits per heavy atom. The van der Waals surface area contributed by atoms with Gasteiger partial charge in [-0.2, -0.15) is 0 Å². The number of ether oxygens (including phenoxy) is 4. The molecule has 2 aliphatic heterocycles. The van der Waals surface area contributed by atoms with Gasteiger partial charge in [-0.1, -0.05) is 17.7 Å². The summed E-state index contributed by atoms with van der Waals surface area (Å²) in [6.07, 6.45) is 0.835. The van der Waals surface area contributed by atoms with Gasteiger partial charge in [0.15, 0.2) is 11.5 Å². The maximum atomic E-state index is 13.7. The summed E-state index contributed by atoms with van der Waals surface area (Å²) < 4.78 is 22.5. The van der Waals surface area contributed by atoms with Crippen LogP contribution in [0.1, 0.15) is 49.0 Å². The highest BCUT2D eigenvalue weighted by Gasteiger charge is 2.56. The van der Waals surface area contributed by atoms with E-state index in [9.17, 15) is 9.90 Å². The molecule has 1 amide bonds. The quantitative estimate of drug-likeness (QED) is 0.428. The van der Waals surface area contributed by atoms with Gasteiger partial charge in [0.05, 0.1) is 39.5 Å². The SMILES string of the molecule is COc1cc(C2C3C(NNC3c3cc(C)ccc3O)C(=O)N2CCCOC(C)C)cc(OC)c1OC. The molecule has 0 saturated carbocycles. The number of methoxy groups -OCH3 is 3. The number of hydrogen-bond acceptors (Lipinski definition) is 8. The number of amides is 1. The lowest BCUT2D eigenvalue weighted by atomic mass is 9.82. The van der Waals surface area contributed by atoms with E-state index in [0.717, 1.165) is 16.7 Å². The zero-order chi connectivity index (χ0) is 26.0. The Hall–Kier alpha value is -3.01. The molecule has 196 valence electrons. The van der Waals surface area contributed by atoms with E-state index in [-0.39, 0.29) is 35.8 Å². The first-order valence-corrected chi connectivity index (χ1v) is 12.3. The van der Waals surface area contributed by atoms with E-state index < -0.39 is 6.04 Å². The van der Waals surface area contributed by atoms with E-state index >= 15 is 0 Å². The Balaban J connectivity index is 1.78. The van der Waals surface area contributed by atoms with Crippen molar-refractivity contribution in [2.75, 3.05) is 34.5 Å². The number of nitrogens with one attached hydrogen (secondary N) is 2. The number of nitrogens with zero attached hydrogens (tertiary/aromatic N) is 1. The predicted molar refractivity (Wildman–Crippen MR) is 135 cm³/mol. The van der Waals surface area contributed by atoms with Crippen molar-refractivity contribution >= 4 is 5.91 Å². The minimum atomic E-state index is -0.454. The Kier molecular flexibility index (Phi) is 7.92. The number of rotatable bonds is 10. The number of hydrogen-bond donors (Lipinski definition) is 3. The summed E-state index contributed by atoms with van der Waals surface area (Å²) in [4.78, 5) is 15.6. The van der Waals surface area contributed by atoms with E-state index in [2.05, 4.69) is 10.9 Å². The molecule has 4 atom stereocenters. The molecule has 2 aromatic carbocycles. The summed E-state index contributed by atoms with van der Waals surface area (Å²) in [5.41, 5.74) is 9.16. The maximum Gasteiger partial charge on any atom is 0.242 e. The fourth-order valence-electron chi connectivity index (χ4n) is 5.36. The van der Waals surface area contributed by atoms with E-state index in [4.69, 9.17) is 18.9 Å². The second-order valence-corrected chi connectivity index (χ2v) is 9.59. The van der Waals surface area contributed by atoms with Gasteiger partial charge in [0.25, 0.3) is 0 Å². The smallest absolute Gasteiger partial charge is 0.242 e. The first kappa shape index (κ1) is 26.1. The Morgan fingerprint density at radius 3 is 2.28 bits per heavy atom. The van der Waals surface area contributed by atoms with Crippen LogP contribution < -0.4 is 25.1 Å². The van der Waals surface area contributed by atoms with E-state index in [1.165, 1.54) is 0 Å². The van der Waals surface area contributed by atoms with Crippen LogP contribution in [0.2, 0.25) is 0 Å². The van der Waals surface area contributed by atoms with Crippen molar-refractivity contribution in [1.82, 2.24) is 15.8 Å². The summed E-state index contributed by atoms with van der Waals surface area (Å²) in [5, 5.41) is 10.7. The first-order chi connectivity index (χ1) is 17.3. The van der Waals surface area contributed by atoms with Crippen molar-refractivity contribution < 1.29 is 28.8 Å². The molecular weight excluding hydrogens is 462 g/mol. The summed E-state index contributed by atoms with van der Waals surface area (Å²) in [6.45, 7) is 7.08. The highest BCUT2D eigenvalue weighted by Crippen LogP contribution is 2.51. The number of phenolic OH excluding ortho intramolecular Hbond substituents is 1. The number of likely N-dealkylation sites (tertiary alicyclic amines) is 1. The first-order valence-electron chi connectivity index (χ1n) is 12.3. The Morgan fingerprint density at radius 2 is 1.67 bits per heavy atom. The zero-order valence-electron chi connectivity index (χ0n) is 21.8. The normalized spacial score (nSPS) is 23.3. The van der Waals surface area contributed by atoms with Gasteiger partial charge in [-0.05, 0) is 51.0 Å². The molecule has 9 heteroatoms. The molecule has 2 aliphatic rings. The average molecular weight is 500 g/mol. The van der Waals surface area contributed by atoms with E-state index in [1.807, 2.05) is 49.9 Å². The van der Waals surface area contributed by atoms with Crippen LogP contribution >= 0.6 is 0 Å². The van der Waals surface area contributed by atoms with Crippen molar-refractivity contribution in [3.63, 3.8) is 0 Å². The lowest BCUT2D eigenvalue weighted by molar-refractivity contribution is -0.131. The molecule has 36 heavy (non-hydrogen) atoms. The fourth-order valence-corrected chi connectivity index (χ4v) is 5.36. The van der Waals surface area contributed by atoms with Crippen LogP contribution in [0.3, 0.4) is 0 Å². The van der Waals surface area contributed by atoms with E-state index in [0.29, 0.717) is 36.8 Å². The molecule has 2 fully saturated rings. The molecule has 2 saturated heterocycles. The highest BCUT2D eigenvalue weighted by molar-refractivity contribution is 5.86. The number of hydrazine groups is 1. The van der Waals surface area contributed by atoms with Crippen LogP contribution in [0.4, 0.5) is 0 Å². The van der Waals surface area contributed by atoms with Crippen molar-refractivity contribution in [3.8, 4) is 23.0 Å². The van der Waals surface area contributed by atoms with Gasteiger partial charge in [-0.25, -0.2) is 10.9 Å². The summed E-state index contributed by atoms with van der Waals surface area (Å²) in [7, 11) is 4.73. The molecule has 4 rings (SSSR count). The maximum absolute atomic E-state index is 13.7. The van der Waals surface area contributed by atoms with Gasteiger partial charge in [0.1, 0.15) is 11.8 Å². The second kappa shape index (κ2) is 10.9. The molecule has 2 heterocycles. The van der Waals surface area contributed by atoms with Gasteiger partial charge < -0.3 is 29.0 Å². The minimum absolute atomic E-state index is 0.00504. The van der Waals surface area contributed by atoms with Crippen LogP contribution in [0.5, 0.6) is 23.0 Å². The molecular formula is C27H37N3O6. The number of fused-ring (bicyclic) bond motifs is 1. The average Bonchev–Trinajstić information content (AvgIpc) is 3.40. The van der Waals surface area contributed by atoms with Gasteiger partial charge in [-0.3, -0.25) is 4.79 Å². The van der Waals surface area contributed by atoms with Crippen LogP contribution in [0.15, 0.2) is 30.3 Å².